The molecule has 2 aliphatic heterocycles. The van der Waals surface area contributed by atoms with E-state index in [9.17, 15) is 0 Å². The molecule has 0 bridgehead atoms. The van der Waals surface area contributed by atoms with Gasteiger partial charge in [0.1, 0.15) is 5.75 Å². The number of fused-ring (bicyclic) bond motifs is 6. The number of pyridine rings is 1. The molecule has 0 saturated heterocycles. The van der Waals surface area contributed by atoms with Gasteiger partial charge in [-0.05, 0) is 41.3 Å². The second kappa shape index (κ2) is 5.28. The molecule has 4 heteroatoms. The van der Waals surface area contributed by atoms with E-state index < -0.39 is 0 Å². The summed E-state index contributed by atoms with van der Waals surface area (Å²) < 4.78 is 8.00. The minimum Gasteiger partial charge on any atom is -0.497 e. The summed E-state index contributed by atoms with van der Waals surface area (Å²) in [5.41, 5.74) is 6.25. The molecule has 1 N–H and O–H groups in total. The first kappa shape index (κ1) is 16.0. The third kappa shape index (κ3) is 1.88. The number of hydrogen-bond acceptors (Lipinski definition) is 3. The Morgan fingerprint density at radius 3 is 2.82 bits per heavy atom. The normalized spacial score (nSPS) is 21.8. The molecule has 4 aromatic rings. The van der Waals surface area contributed by atoms with E-state index in [2.05, 4.69) is 66.2 Å². The fourth-order valence-electron chi connectivity index (χ4n) is 5.43. The van der Waals surface area contributed by atoms with Crippen molar-refractivity contribution in [3.8, 4) is 5.75 Å². The Morgan fingerprint density at radius 1 is 1.11 bits per heavy atom. The van der Waals surface area contributed by atoms with Crippen LogP contribution in [0.1, 0.15) is 31.1 Å². The number of rotatable bonds is 1. The standard InChI is InChI=1S/C24H23N3O/c1-24(2)17-12-14(28-3)8-9-19(17)26-21-18(24)13-27-20-7-5-4-6-15(20)16-10-11-25-22(21)23(16)27/h4-12,18,21,26H,13H2,1-3H3. The van der Waals surface area contributed by atoms with Crippen molar-refractivity contribution in [1.82, 2.24) is 9.55 Å². The van der Waals surface area contributed by atoms with Gasteiger partial charge in [-0.1, -0.05) is 32.0 Å². The zero-order valence-electron chi connectivity index (χ0n) is 16.4. The fourth-order valence-corrected chi connectivity index (χ4v) is 5.43. The van der Waals surface area contributed by atoms with Crippen LogP contribution in [0.15, 0.2) is 54.7 Å². The van der Waals surface area contributed by atoms with Gasteiger partial charge in [0.2, 0.25) is 0 Å². The summed E-state index contributed by atoms with van der Waals surface area (Å²) >= 11 is 0. The minimum atomic E-state index is -0.00724. The van der Waals surface area contributed by atoms with E-state index in [0.717, 1.165) is 12.3 Å². The third-order valence-corrected chi connectivity index (χ3v) is 6.94. The van der Waals surface area contributed by atoms with E-state index >= 15 is 0 Å². The molecule has 4 heterocycles. The van der Waals surface area contributed by atoms with Crippen LogP contribution in [-0.4, -0.2) is 16.7 Å². The van der Waals surface area contributed by atoms with Gasteiger partial charge in [-0.25, -0.2) is 0 Å². The Labute approximate surface area is 164 Å². The SMILES string of the molecule is COc1ccc2c(c1)C(C)(C)C1Cn3c4ccccc4c4ccnc(c43)C1N2. The molecular weight excluding hydrogens is 346 g/mol. The number of ether oxygens (including phenoxy) is 1. The molecule has 0 fully saturated rings. The summed E-state index contributed by atoms with van der Waals surface area (Å²) in [6, 6.07) is 17.5. The zero-order valence-corrected chi connectivity index (χ0v) is 16.4. The quantitative estimate of drug-likeness (QED) is 0.497. The lowest BCUT2D eigenvalue weighted by Crippen LogP contribution is -2.45. The van der Waals surface area contributed by atoms with Gasteiger partial charge in [0.15, 0.2) is 0 Å². The number of para-hydroxylation sites is 1. The number of anilines is 1. The summed E-state index contributed by atoms with van der Waals surface area (Å²) in [6.07, 6.45) is 1.97. The van der Waals surface area contributed by atoms with Gasteiger partial charge in [-0.15, -0.1) is 0 Å². The number of aromatic nitrogens is 2. The van der Waals surface area contributed by atoms with Crippen LogP contribution < -0.4 is 10.1 Å². The molecule has 2 aromatic carbocycles. The molecule has 6 rings (SSSR count). The van der Waals surface area contributed by atoms with Crippen LogP contribution in [0.4, 0.5) is 5.69 Å². The molecule has 140 valence electrons. The average molecular weight is 369 g/mol. The largest absolute Gasteiger partial charge is 0.497 e. The van der Waals surface area contributed by atoms with Gasteiger partial charge < -0.3 is 14.6 Å². The number of methoxy groups -OCH3 is 1. The summed E-state index contributed by atoms with van der Waals surface area (Å²) in [7, 11) is 1.73. The van der Waals surface area contributed by atoms with Gasteiger partial charge in [0, 0.05) is 40.6 Å². The first-order valence-electron chi connectivity index (χ1n) is 9.90. The van der Waals surface area contributed by atoms with Gasteiger partial charge in [-0.3, -0.25) is 4.98 Å². The predicted molar refractivity (Wildman–Crippen MR) is 113 cm³/mol. The van der Waals surface area contributed by atoms with Crippen LogP contribution in [-0.2, 0) is 12.0 Å². The molecular formula is C24H23N3O. The van der Waals surface area contributed by atoms with Crippen molar-refractivity contribution in [2.45, 2.75) is 31.8 Å². The van der Waals surface area contributed by atoms with Gasteiger partial charge in [-0.2, -0.15) is 0 Å². The highest BCUT2D eigenvalue weighted by Gasteiger charge is 2.47. The molecule has 2 atom stereocenters. The molecule has 28 heavy (non-hydrogen) atoms. The van der Waals surface area contributed by atoms with Crippen LogP contribution in [0.3, 0.4) is 0 Å². The third-order valence-electron chi connectivity index (χ3n) is 6.94. The Balaban J connectivity index is 1.63. The molecule has 2 aliphatic rings. The van der Waals surface area contributed by atoms with E-state index in [1.54, 1.807) is 7.11 Å². The number of hydrogen-bond donors (Lipinski definition) is 1. The van der Waals surface area contributed by atoms with Gasteiger partial charge in [0.05, 0.1) is 24.4 Å². The Kier molecular flexibility index (Phi) is 3.02. The molecule has 0 spiro atoms. The lowest BCUT2D eigenvalue weighted by Gasteiger charge is -2.48. The molecule has 2 unspecified atom stereocenters. The highest BCUT2D eigenvalue weighted by atomic mass is 16.5. The van der Waals surface area contributed by atoms with Crippen molar-refractivity contribution in [3.05, 3.63) is 66.0 Å². The molecule has 0 amide bonds. The Bertz CT molecular complexity index is 1250. The smallest absolute Gasteiger partial charge is 0.119 e. The lowest BCUT2D eigenvalue weighted by molar-refractivity contribution is 0.229. The second-order valence-corrected chi connectivity index (χ2v) is 8.58. The molecule has 4 nitrogen and oxygen atoms in total. The monoisotopic (exact) mass is 369 g/mol. The summed E-state index contributed by atoms with van der Waals surface area (Å²) in [6.45, 7) is 5.70. The van der Waals surface area contributed by atoms with Crippen molar-refractivity contribution in [2.24, 2.45) is 5.92 Å². The number of benzene rings is 2. The zero-order chi connectivity index (χ0) is 19.0. The Morgan fingerprint density at radius 2 is 1.96 bits per heavy atom. The first-order chi connectivity index (χ1) is 13.6. The number of nitrogens with zero attached hydrogens (tertiary/aromatic N) is 2. The van der Waals surface area contributed by atoms with Crippen molar-refractivity contribution in [2.75, 3.05) is 12.4 Å². The van der Waals surface area contributed by atoms with E-state index in [1.807, 2.05) is 12.3 Å². The average Bonchev–Trinajstić information content (AvgIpc) is 3.04. The lowest BCUT2D eigenvalue weighted by atomic mass is 9.65. The van der Waals surface area contributed by atoms with E-state index in [1.165, 1.54) is 38.8 Å². The van der Waals surface area contributed by atoms with Crippen molar-refractivity contribution < 1.29 is 4.74 Å². The maximum Gasteiger partial charge on any atom is 0.119 e. The highest BCUT2D eigenvalue weighted by Crippen LogP contribution is 2.53. The molecule has 0 saturated carbocycles. The van der Waals surface area contributed by atoms with E-state index in [0.29, 0.717) is 5.92 Å². The number of nitrogens with one attached hydrogen (secondary N) is 1. The van der Waals surface area contributed by atoms with Gasteiger partial charge >= 0.3 is 0 Å². The topological polar surface area (TPSA) is 39.1 Å². The van der Waals surface area contributed by atoms with Crippen molar-refractivity contribution in [1.29, 1.82) is 0 Å². The van der Waals surface area contributed by atoms with Crippen LogP contribution in [0.25, 0.3) is 21.8 Å². The highest BCUT2D eigenvalue weighted by molar-refractivity contribution is 6.09. The van der Waals surface area contributed by atoms with E-state index in [-0.39, 0.29) is 11.5 Å². The molecule has 0 radical (unpaired) electrons. The van der Waals surface area contributed by atoms with Crippen molar-refractivity contribution >= 4 is 27.5 Å². The summed E-state index contributed by atoms with van der Waals surface area (Å²) in [5.74, 6) is 1.31. The Hall–Kier alpha value is -3.01. The fraction of sp³-hybridized carbons (Fsp3) is 0.292. The molecule has 0 aliphatic carbocycles. The minimum absolute atomic E-state index is 0.00724. The van der Waals surface area contributed by atoms with Crippen LogP contribution in [0.2, 0.25) is 0 Å². The second-order valence-electron chi connectivity index (χ2n) is 8.58. The van der Waals surface area contributed by atoms with Crippen LogP contribution >= 0.6 is 0 Å². The maximum absolute atomic E-state index is 5.51. The van der Waals surface area contributed by atoms with Crippen LogP contribution in [0.5, 0.6) is 5.75 Å². The van der Waals surface area contributed by atoms with E-state index in [4.69, 9.17) is 9.72 Å². The van der Waals surface area contributed by atoms with Crippen LogP contribution in [0, 0.1) is 5.92 Å². The maximum atomic E-state index is 5.51. The summed E-state index contributed by atoms with van der Waals surface area (Å²) in [4.78, 5) is 4.88. The summed E-state index contributed by atoms with van der Waals surface area (Å²) in [5, 5.41) is 6.44. The van der Waals surface area contributed by atoms with Gasteiger partial charge in [0.25, 0.3) is 0 Å². The first-order valence-corrected chi connectivity index (χ1v) is 9.90. The predicted octanol–water partition coefficient (Wildman–Crippen LogP) is 5.27. The van der Waals surface area contributed by atoms with Crippen molar-refractivity contribution in [3.63, 3.8) is 0 Å². The molecule has 2 aromatic heterocycles.